The van der Waals surface area contributed by atoms with Crippen molar-refractivity contribution in [1.82, 2.24) is 4.57 Å². The summed E-state index contributed by atoms with van der Waals surface area (Å²) in [7, 11) is 0. The molecule has 0 aliphatic rings. The van der Waals surface area contributed by atoms with Crippen LogP contribution in [0.2, 0.25) is 0 Å². The van der Waals surface area contributed by atoms with Crippen LogP contribution in [0.5, 0.6) is 0 Å². The van der Waals surface area contributed by atoms with Gasteiger partial charge in [-0.05, 0) is 110 Å². The lowest BCUT2D eigenvalue weighted by molar-refractivity contribution is 1.18. The number of hydrogen-bond donors (Lipinski definition) is 0. The fourth-order valence-corrected chi connectivity index (χ4v) is 8.98. The summed E-state index contributed by atoms with van der Waals surface area (Å²) in [6.45, 7) is 0. The highest BCUT2D eigenvalue weighted by Gasteiger charge is 2.21. The molecule has 10 aromatic carbocycles. The van der Waals surface area contributed by atoms with E-state index in [0.29, 0.717) is 0 Å². The van der Waals surface area contributed by atoms with Crippen LogP contribution in [0.4, 0.5) is 17.1 Å². The van der Waals surface area contributed by atoms with Crippen LogP contribution < -0.4 is 4.90 Å². The first-order valence-corrected chi connectivity index (χ1v) is 20.6. The van der Waals surface area contributed by atoms with Crippen molar-refractivity contribution in [3.05, 3.63) is 243 Å². The van der Waals surface area contributed by atoms with Crippen LogP contribution in [0.1, 0.15) is 0 Å². The average molecular weight is 765 g/mol. The molecule has 60 heavy (non-hydrogen) atoms. The fraction of sp³-hybridized carbons (Fsp3) is 0. The zero-order valence-corrected chi connectivity index (χ0v) is 33.0. The number of hydrogen-bond acceptors (Lipinski definition) is 1. The third-order valence-electron chi connectivity index (χ3n) is 11.8. The Labute approximate surface area is 350 Å². The summed E-state index contributed by atoms with van der Waals surface area (Å²) in [5, 5.41) is 4.96. The molecular weight excluding hydrogens is 725 g/mol. The molecule has 0 atom stereocenters. The molecule has 2 nitrogen and oxygen atoms in total. The van der Waals surface area contributed by atoms with Crippen LogP contribution in [-0.2, 0) is 0 Å². The molecular formula is C58H40N2. The molecule has 0 fully saturated rings. The summed E-state index contributed by atoms with van der Waals surface area (Å²) in [5.74, 6) is 0. The van der Waals surface area contributed by atoms with Gasteiger partial charge in [0.15, 0.2) is 0 Å². The second kappa shape index (κ2) is 15.1. The van der Waals surface area contributed by atoms with Gasteiger partial charge in [0.25, 0.3) is 0 Å². The van der Waals surface area contributed by atoms with E-state index in [4.69, 9.17) is 0 Å². The van der Waals surface area contributed by atoms with E-state index >= 15 is 0 Å². The highest BCUT2D eigenvalue weighted by Crippen LogP contribution is 2.46. The second-order valence-electron chi connectivity index (χ2n) is 15.3. The van der Waals surface area contributed by atoms with E-state index in [0.717, 1.165) is 22.7 Å². The van der Waals surface area contributed by atoms with Gasteiger partial charge in [-0.1, -0.05) is 182 Å². The van der Waals surface area contributed by atoms with Crippen molar-refractivity contribution in [2.75, 3.05) is 4.90 Å². The van der Waals surface area contributed by atoms with Crippen LogP contribution in [0.15, 0.2) is 243 Å². The van der Waals surface area contributed by atoms with Crippen molar-refractivity contribution >= 4 is 49.6 Å². The minimum atomic E-state index is 1.09. The Balaban J connectivity index is 1.07. The van der Waals surface area contributed by atoms with E-state index in [-0.39, 0.29) is 0 Å². The summed E-state index contributed by atoms with van der Waals surface area (Å²) in [4.78, 5) is 2.41. The normalized spacial score (nSPS) is 11.3. The van der Waals surface area contributed by atoms with Crippen molar-refractivity contribution < 1.29 is 0 Å². The highest BCUT2D eigenvalue weighted by atomic mass is 15.1. The lowest BCUT2D eigenvalue weighted by Crippen LogP contribution is -2.11. The molecule has 0 radical (unpaired) electrons. The zero-order valence-electron chi connectivity index (χ0n) is 33.0. The fourth-order valence-electron chi connectivity index (χ4n) is 8.98. The second-order valence-corrected chi connectivity index (χ2v) is 15.3. The van der Waals surface area contributed by atoms with E-state index in [1.807, 2.05) is 0 Å². The smallest absolute Gasteiger partial charge is 0.0547 e. The quantitative estimate of drug-likeness (QED) is 0.150. The molecule has 11 rings (SSSR count). The number of rotatable bonds is 8. The number of nitrogens with zero attached hydrogens (tertiary/aromatic N) is 2. The van der Waals surface area contributed by atoms with E-state index in [1.54, 1.807) is 0 Å². The van der Waals surface area contributed by atoms with Crippen molar-refractivity contribution in [2.45, 2.75) is 0 Å². The van der Waals surface area contributed by atoms with Gasteiger partial charge in [-0.2, -0.15) is 0 Å². The van der Waals surface area contributed by atoms with Gasteiger partial charge in [-0.3, -0.25) is 0 Å². The Morgan fingerprint density at radius 3 is 1.55 bits per heavy atom. The third kappa shape index (κ3) is 6.23. The molecule has 0 spiro atoms. The maximum Gasteiger partial charge on any atom is 0.0547 e. The van der Waals surface area contributed by atoms with Crippen LogP contribution in [-0.4, -0.2) is 4.57 Å². The Bertz CT molecular complexity index is 3270. The minimum absolute atomic E-state index is 1.09. The number of fused-ring (bicyclic) bond motifs is 4. The van der Waals surface area contributed by atoms with Gasteiger partial charge in [0, 0.05) is 33.4 Å². The van der Waals surface area contributed by atoms with E-state index in [2.05, 4.69) is 252 Å². The minimum Gasteiger partial charge on any atom is -0.310 e. The predicted molar refractivity (Wildman–Crippen MR) is 255 cm³/mol. The van der Waals surface area contributed by atoms with Crippen LogP contribution in [0.3, 0.4) is 0 Å². The Kier molecular flexibility index (Phi) is 8.87. The molecule has 282 valence electrons. The topological polar surface area (TPSA) is 8.17 Å². The van der Waals surface area contributed by atoms with Crippen molar-refractivity contribution in [3.63, 3.8) is 0 Å². The van der Waals surface area contributed by atoms with E-state index in [9.17, 15) is 0 Å². The molecule has 11 aromatic rings. The first-order chi connectivity index (χ1) is 29.8. The number of anilines is 3. The van der Waals surface area contributed by atoms with E-state index in [1.165, 1.54) is 77.1 Å². The molecule has 0 saturated carbocycles. The van der Waals surface area contributed by atoms with Crippen molar-refractivity contribution in [1.29, 1.82) is 0 Å². The number of aromatic nitrogens is 1. The maximum atomic E-state index is 2.41. The van der Waals surface area contributed by atoms with Gasteiger partial charge in [-0.25, -0.2) is 0 Å². The molecule has 1 heterocycles. The van der Waals surface area contributed by atoms with Crippen LogP contribution >= 0.6 is 0 Å². The summed E-state index contributed by atoms with van der Waals surface area (Å²) in [5.41, 5.74) is 16.4. The lowest BCUT2D eigenvalue weighted by atomic mass is 9.94. The predicted octanol–water partition coefficient (Wildman–Crippen LogP) is 16.1. The Morgan fingerprint density at radius 1 is 0.300 bits per heavy atom. The van der Waals surface area contributed by atoms with Crippen LogP contribution in [0.25, 0.3) is 82.8 Å². The first kappa shape index (κ1) is 35.2. The summed E-state index contributed by atoms with van der Waals surface area (Å²) in [6, 6.07) is 87.8. The molecule has 0 amide bonds. The van der Waals surface area contributed by atoms with Crippen LogP contribution in [0, 0.1) is 0 Å². The number of benzene rings is 10. The molecule has 1 aromatic heterocycles. The van der Waals surface area contributed by atoms with Gasteiger partial charge < -0.3 is 9.47 Å². The molecule has 2 heteroatoms. The van der Waals surface area contributed by atoms with Gasteiger partial charge in [0.05, 0.1) is 16.7 Å². The zero-order chi connectivity index (χ0) is 39.8. The number of para-hydroxylation sites is 3. The average Bonchev–Trinajstić information content (AvgIpc) is 3.67. The first-order valence-electron chi connectivity index (χ1n) is 20.6. The SMILES string of the molecule is c1ccc(-c2ccc(N(c3ccc(-c4ccc5cccc(-c6ccccc6)c5c4)cc3)c3ccccc3-c3cccc4c3c3ccccc3n4-c3ccccc3)cc2)cc1. The lowest BCUT2D eigenvalue weighted by Gasteiger charge is -2.28. The third-order valence-corrected chi connectivity index (χ3v) is 11.8. The standard InChI is InChI=1S/C58H40N2/c1-4-16-41(17-5-1)42-32-36-48(37-33-42)59(49-38-34-43(35-39-49)46-31-30-45-20-14-25-50(54(45)40-46)44-18-6-2-7-19-44)55-27-12-10-23-51(55)52-26-15-29-57-58(52)53-24-11-13-28-56(53)60(57)47-21-8-3-9-22-47/h1-40H. The highest BCUT2D eigenvalue weighted by molar-refractivity contribution is 6.17. The Hall–Kier alpha value is -7.94. The van der Waals surface area contributed by atoms with Gasteiger partial charge in [-0.15, -0.1) is 0 Å². The van der Waals surface area contributed by atoms with Crippen molar-refractivity contribution in [3.8, 4) is 50.2 Å². The van der Waals surface area contributed by atoms with Gasteiger partial charge >= 0.3 is 0 Å². The largest absolute Gasteiger partial charge is 0.310 e. The molecule has 0 unspecified atom stereocenters. The van der Waals surface area contributed by atoms with Crippen molar-refractivity contribution in [2.24, 2.45) is 0 Å². The molecule has 0 bridgehead atoms. The van der Waals surface area contributed by atoms with E-state index < -0.39 is 0 Å². The molecule has 0 N–H and O–H groups in total. The monoisotopic (exact) mass is 764 g/mol. The summed E-state index contributed by atoms with van der Waals surface area (Å²) < 4.78 is 2.39. The Morgan fingerprint density at radius 2 is 0.817 bits per heavy atom. The molecule has 0 aliphatic heterocycles. The maximum absolute atomic E-state index is 2.41. The van der Waals surface area contributed by atoms with Gasteiger partial charge in [0.2, 0.25) is 0 Å². The molecule has 0 saturated heterocycles. The molecule has 0 aliphatic carbocycles. The summed E-state index contributed by atoms with van der Waals surface area (Å²) in [6.07, 6.45) is 0. The summed E-state index contributed by atoms with van der Waals surface area (Å²) >= 11 is 0. The van der Waals surface area contributed by atoms with Gasteiger partial charge in [0.1, 0.15) is 0 Å².